The Hall–Kier alpha value is -3.28. The molecule has 0 aliphatic heterocycles. The Morgan fingerprint density at radius 3 is 2.65 bits per heavy atom. The van der Waals surface area contributed by atoms with Gasteiger partial charge in [-0.2, -0.15) is 0 Å². The number of carbonyl (C=O) groups is 1. The number of hydrogen-bond acceptors (Lipinski definition) is 3. The number of methoxy groups -OCH3 is 1. The van der Waals surface area contributed by atoms with Gasteiger partial charge in [0.05, 0.1) is 19.1 Å². The number of amides is 2. The molecule has 0 fully saturated rings. The molecule has 6 heteroatoms. The zero-order valence-corrected chi connectivity index (χ0v) is 14.7. The number of imidazole rings is 1. The molecule has 0 aliphatic carbocycles. The minimum absolute atomic E-state index is 0.182. The van der Waals surface area contributed by atoms with Crippen LogP contribution in [0.3, 0.4) is 0 Å². The third-order valence-electron chi connectivity index (χ3n) is 4.07. The first-order chi connectivity index (χ1) is 12.8. The predicted octanol–water partition coefficient (Wildman–Crippen LogP) is 2.92. The summed E-state index contributed by atoms with van der Waals surface area (Å²) in [6.45, 7) is 1.02. The second-order valence-corrected chi connectivity index (χ2v) is 5.81. The number of benzene rings is 2. The Bertz CT molecular complexity index is 829. The van der Waals surface area contributed by atoms with E-state index in [1.807, 2.05) is 59.3 Å². The van der Waals surface area contributed by atoms with Crippen LogP contribution >= 0.6 is 0 Å². The van der Waals surface area contributed by atoms with Crippen molar-refractivity contribution in [3.63, 3.8) is 0 Å². The molecule has 0 unspecified atom stereocenters. The van der Waals surface area contributed by atoms with E-state index in [-0.39, 0.29) is 6.03 Å². The number of ether oxygens (including phenoxy) is 1. The van der Waals surface area contributed by atoms with E-state index >= 15 is 0 Å². The molecule has 0 spiro atoms. The first-order valence-corrected chi connectivity index (χ1v) is 8.47. The van der Waals surface area contributed by atoms with Crippen molar-refractivity contribution < 1.29 is 9.53 Å². The number of nitrogens with one attached hydrogen (secondary N) is 2. The van der Waals surface area contributed by atoms with Gasteiger partial charge in [-0.1, -0.05) is 30.3 Å². The molecular weight excluding hydrogens is 328 g/mol. The van der Waals surface area contributed by atoms with Gasteiger partial charge in [0.1, 0.15) is 5.75 Å². The molecule has 134 valence electrons. The number of nitrogens with zero attached hydrogens (tertiary/aromatic N) is 2. The molecule has 3 aromatic rings. The molecule has 26 heavy (non-hydrogen) atoms. The first-order valence-electron chi connectivity index (χ1n) is 8.47. The van der Waals surface area contributed by atoms with Crippen LogP contribution in [0.15, 0.2) is 67.3 Å². The summed E-state index contributed by atoms with van der Waals surface area (Å²) in [5.41, 5.74) is 3.18. The smallest absolute Gasteiger partial charge is 0.315 e. The molecular formula is C20H22N4O2. The van der Waals surface area contributed by atoms with Crippen LogP contribution in [0.5, 0.6) is 5.75 Å². The van der Waals surface area contributed by atoms with Crippen molar-refractivity contribution in [3.8, 4) is 11.4 Å². The van der Waals surface area contributed by atoms with Crippen LogP contribution in [-0.4, -0.2) is 29.2 Å². The Morgan fingerprint density at radius 1 is 1.12 bits per heavy atom. The summed E-state index contributed by atoms with van der Waals surface area (Å²) in [5, 5.41) is 5.79. The van der Waals surface area contributed by atoms with Gasteiger partial charge in [-0.15, -0.1) is 0 Å². The summed E-state index contributed by atoms with van der Waals surface area (Å²) >= 11 is 0. The molecule has 2 amide bonds. The average Bonchev–Trinajstić information content (AvgIpc) is 3.22. The van der Waals surface area contributed by atoms with Crippen molar-refractivity contribution >= 4 is 6.03 Å². The number of hydrogen-bond donors (Lipinski definition) is 2. The van der Waals surface area contributed by atoms with Crippen molar-refractivity contribution in [3.05, 3.63) is 78.4 Å². The predicted molar refractivity (Wildman–Crippen MR) is 101 cm³/mol. The van der Waals surface area contributed by atoms with Crippen LogP contribution in [0, 0.1) is 0 Å². The molecule has 0 radical (unpaired) electrons. The maximum absolute atomic E-state index is 12.0. The van der Waals surface area contributed by atoms with Crippen LogP contribution in [0.4, 0.5) is 4.79 Å². The second kappa shape index (κ2) is 8.71. The zero-order valence-electron chi connectivity index (χ0n) is 14.7. The lowest BCUT2D eigenvalue weighted by Crippen LogP contribution is -2.36. The Balaban J connectivity index is 1.47. The van der Waals surface area contributed by atoms with Crippen LogP contribution in [0.2, 0.25) is 0 Å². The minimum atomic E-state index is -0.182. The fourth-order valence-corrected chi connectivity index (χ4v) is 2.66. The standard InChI is InChI=1S/C20H22N4O2/c1-26-18-8-6-16(7-9-18)10-11-22-20(25)23-14-17-4-2-3-5-19(17)24-13-12-21-15-24/h2-9,12-13,15H,10-11,14H2,1H3,(H2,22,23,25). The lowest BCUT2D eigenvalue weighted by atomic mass is 10.1. The zero-order chi connectivity index (χ0) is 18.2. The maximum atomic E-state index is 12.0. The number of para-hydroxylation sites is 1. The van der Waals surface area contributed by atoms with E-state index < -0.39 is 0 Å². The maximum Gasteiger partial charge on any atom is 0.315 e. The van der Waals surface area contributed by atoms with Crippen molar-refractivity contribution in [1.82, 2.24) is 20.2 Å². The Labute approximate surface area is 152 Å². The summed E-state index contributed by atoms with van der Waals surface area (Å²) in [6, 6.07) is 15.6. The number of urea groups is 1. The van der Waals surface area contributed by atoms with Gasteiger partial charge in [-0.3, -0.25) is 0 Å². The van der Waals surface area contributed by atoms with Crippen molar-refractivity contribution in [2.75, 3.05) is 13.7 Å². The molecule has 0 saturated heterocycles. The highest BCUT2D eigenvalue weighted by molar-refractivity contribution is 5.74. The SMILES string of the molecule is COc1ccc(CCNC(=O)NCc2ccccc2-n2ccnc2)cc1. The van der Waals surface area contributed by atoms with Crippen molar-refractivity contribution in [1.29, 1.82) is 0 Å². The Morgan fingerprint density at radius 2 is 1.92 bits per heavy atom. The molecule has 0 aliphatic rings. The van der Waals surface area contributed by atoms with Crippen LogP contribution in [-0.2, 0) is 13.0 Å². The van der Waals surface area contributed by atoms with Crippen molar-refractivity contribution in [2.24, 2.45) is 0 Å². The van der Waals surface area contributed by atoms with Gasteiger partial charge in [0, 0.05) is 25.5 Å². The van der Waals surface area contributed by atoms with Gasteiger partial charge < -0.3 is 19.9 Å². The molecule has 0 atom stereocenters. The van der Waals surface area contributed by atoms with Crippen LogP contribution in [0.25, 0.3) is 5.69 Å². The van der Waals surface area contributed by atoms with E-state index in [0.29, 0.717) is 13.1 Å². The van der Waals surface area contributed by atoms with Gasteiger partial charge in [0.25, 0.3) is 0 Å². The lowest BCUT2D eigenvalue weighted by molar-refractivity contribution is 0.240. The van der Waals surface area contributed by atoms with E-state index in [0.717, 1.165) is 29.0 Å². The Kier molecular flexibility index (Phi) is 5.88. The normalized spacial score (nSPS) is 10.3. The lowest BCUT2D eigenvalue weighted by Gasteiger charge is -2.12. The third kappa shape index (κ3) is 4.63. The van der Waals surface area contributed by atoms with Gasteiger partial charge >= 0.3 is 6.03 Å². The largest absolute Gasteiger partial charge is 0.497 e. The summed E-state index contributed by atoms with van der Waals surface area (Å²) in [5.74, 6) is 0.830. The topological polar surface area (TPSA) is 68.2 Å². The van der Waals surface area contributed by atoms with Crippen LogP contribution < -0.4 is 15.4 Å². The third-order valence-corrected chi connectivity index (χ3v) is 4.07. The monoisotopic (exact) mass is 350 g/mol. The molecule has 0 bridgehead atoms. The molecule has 2 N–H and O–H groups in total. The highest BCUT2D eigenvalue weighted by atomic mass is 16.5. The quantitative estimate of drug-likeness (QED) is 0.688. The molecule has 6 nitrogen and oxygen atoms in total. The molecule has 2 aromatic carbocycles. The van der Waals surface area contributed by atoms with Gasteiger partial charge in [-0.05, 0) is 35.7 Å². The first kappa shape index (κ1) is 17.5. The van der Waals surface area contributed by atoms with E-state index in [1.165, 1.54) is 0 Å². The highest BCUT2D eigenvalue weighted by Crippen LogP contribution is 2.14. The summed E-state index contributed by atoms with van der Waals surface area (Å²) < 4.78 is 7.07. The summed E-state index contributed by atoms with van der Waals surface area (Å²) in [7, 11) is 1.64. The van der Waals surface area contributed by atoms with E-state index in [2.05, 4.69) is 15.6 Å². The number of carbonyl (C=O) groups excluding carboxylic acids is 1. The fourth-order valence-electron chi connectivity index (χ4n) is 2.66. The van der Waals surface area contributed by atoms with Gasteiger partial charge in [-0.25, -0.2) is 9.78 Å². The highest BCUT2D eigenvalue weighted by Gasteiger charge is 2.06. The molecule has 0 saturated carbocycles. The molecule has 3 rings (SSSR count). The minimum Gasteiger partial charge on any atom is -0.497 e. The van der Waals surface area contributed by atoms with E-state index in [9.17, 15) is 4.79 Å². The number of aromatic nitrogens is 2. The van der Waals surface area contributed by atoms with Crippen molar-refractivity contribution in [2.45, 2.75) is 13.0 Å². The van der Waals surface area contributed by atoms with E-state index in [4.69, 9.17) is 4.74 Å². The summed E-state index contributed by atoms with van der Waals surface area (Å²) in [6.07, 6.45) is 6.13. The molecule has 1 aromatic heterocycles. The second-order valence-electron chi connectivity index (χ2n) is 5.81. The molecule has 1 heterocycles. The number of rotatable bonds is 7. The summed E-state index contributed by atoms with van der Waals surface area (Å²) in [4.78, 5) is 16.1. The van der Waals surface area contributed by atoms with Gasteiger partial charge in [0.15, 0.2) is 0 Å². The average molecular weight is 350 g/mol. The van der Waals surface area contributed by atoms with Gasteiger partial charge in [0.2, 0.25) is 0 Å². The van der Waals surface area contributed by atoms with Crippen LogP contribution in [0.1, 0.15) is 11.1 Å². The fraction of sp³-hybridized carbons (Fsp3) is 0.200. The van der Waals surface area contributed by atoms with E-state index in [1.54, 1.807) is 19.6 Å².